The number of nitrogens with zero attached hydrogens (tertiary/aromatic N) is 2. The number of carboxylic acids is 1. The second kappa shape index (κ2) is 20.4. The minimum absolute atomic E-state index is 0.0203. The number of rotatable bonds is 16. The maximum absolute atomic E-state index is 14.8. The second-order valence-electron chi connectivity index (χ2n) is 17.3. The lowest BCUT2D eigenvalue weighted by molar-refractivity contribution is -0.146. The Balaban J connectivity index is 1.29. The van der Waals surface area contributed by atoms with Crippen LogP contribution in [-0.2, 0) is 36.8 Å². The van der Waals surface area contributed by atoms with Crippen LogP contribution < -0.4 is 10.6 Å². The minimum Gasteiger partial charge on any atom is -0.480 e. The van der Waals surface area contributed by atoms with Crippen molar-refractivity contribution in [3.8, 4) is 0 Å². The van der Waals surface area contributed by atoms with E-state index in [9.17, 15) is 24.3 Å². The van der Waals surface area contributed by atoms with Gasteiger partial charge in [-0.2, -0.15) is 11.8 Å². The van der Waals surface area contributed by atoms with Gasteiger partial charge >= 0.3 is 12.1 Å². The van der Waals surface area contributed by atoms with E-state index in [0.717, 1.165) is 27.8 Å². The SMILES string of the molecule is CSCC[C@H](NC(=O)[C@@H]1Cc2ccccc2CN1C(=O)[C@@H](NC[C@@H]1C[C@@H](SC(c2ccccc2)(c2ccccc2)c2ccccc2)CN1C(=O)OC(C)(C)C)C(C)C)C(=O)O. The van der Waals surface area contributed by atoms with E-state index in [0.29, 0.717) is 25.3 Å². The third-order valence-corrected chi connectivity index (χ3v) is 13.8. The van der Waals surface area contributed by atoms with E-state index in [1.54, 1.807) is 4.90 Å². The summed E-state index contributed by atoms with van der Waals surface area (Å²) in [6.07, 6.45) is 2.67. The Morgan fingerprint density at radius 3 is 1.85 bits per heavy atom. The molecule has 2 aliphatic heterocycles. The molecule has 0 saturated carbocycles. The van der Waals surface area contributed by atoms with Gasteiger partial charge in [0.25, 0.3) is 0 Å². The lowest BCUT2D eigenvalue weighted by Crippen LogP contribution is -2.60. The zero-order chi connectivity index (χ0) is 43.7. The van der Waals surface area contributed by atoms with Crippen molar-refractivity contribution in [2.45, 2.75) is 100 Å². The average Bonchev–Trinajstić information content (AvgIpc) is 3.66. The topological polar surface area (TPSA) is 128 Å². The molecule has 3 N–H and O–H groups in total. The molecule has 0 unspecified atom stereocenters. The molecule has 4 aromatic rings. The summed E-state index contributed by atoms with van der Waals surface area (Å²) in [6, 6.07) is 36.3. The summed E-state index contributed by atoms with van der Waals surface area (Å²) in [4.78, 5) is 58.5. The van der Waals surface area contributed by atoms with Crippen molar-refractivity contribution in [3.63, 3.8) is 0 Å². The number of nitrogens with one attached hydrogen (secondary N) is 2. The molecular weight excluding hydrogens is 805 g/mol. The highest BCUT2D eigenvalue weighted by molar-refractivity contribution is 8.01. The van der Waals surface area contributed by atoms with Gasteiger partial charge in [0.05, 0.1) is 10.8 Å². The van der Waals surface area contributed by atoms with Gasteiger partial charge in [0, 0.05) is 37.3 Å². The van der Waals surface area contributed by atoms with Crippen LogP contribution in [0.2, 0.25) is 0 Å². The fourth-order valence-corrected chi connectivity index (χ4v) is 10.8. The molecule has 2 heterocycles. The van der Waals surface area contributed by atoms with Crippen molar-refractivity contribution in [3.05, 3.63) is 143 Å². The van der Waals surface area contributed by atoms with Gasteiger partial charge in [0.1, 0.15) is 17.7 Å². The Kier molecular flexibility index (Phi) is 15.3. The van der Waals surface area contributed by atoms with E-state index in [-0.39, 0.29) is 42.5 Å². The molecule has 6 rings (SSSR count). The molecule has 0 spiro atoms. The highest BCUT2D eigenvalue weighted by Crippen LogP contribution is 2.52. The van der Waals surface area contributed by atoms with Crippen LogP contribution in [-0.4, -0.2) is 98.9 Å². The van der Waals surface area contributed by atoms with Gasteiger partial charge in [-0.1, -0.05) is 129 Å². The minimum atomic E-state index is -1.10. The van der Waals surface area contributed by atoms with Gasteiger partial charge in [0.15, 0.2) is 0 Å². The summed E-state index contributed by atoms with van der Waals surface area (Å²) in [6.45, 7) is 10.5. The van der Waals surface area contributed by atoms with Crippen LogP contribution in [0.3, 0.4) is 0 Å². The van der Waals surface area contributed by atoms with E-state index in [1.807, 2.05) is 100 Å². The van der Waals surface area contributed by atoms with Crippen molar-refractivity contribution < 1.29 is 29.0 Å². The standard InChI is InChI=1S/C49H60N4O6S2/c1-33(2)43(45(55)53-31-35-19-17-16-18-34(35)28-42(53)44(54)51-41(46(56)57)26-27-60-6)50-30-39-29-40(32-52(39)47(58)59-48(3,4)5)61-49(36-20-10-7-11-21-36,37-22-12-8-13-23-37)38-24-14-9-15-25-38/h7-25,33,39-43,50H,26-32H2,1-6H3,(H,51,54)(H,56,57)/t39-,40+,41-,42-,43-/m0/s1. The third kappa shape index (κ3) is 11.0. The quantitative estimate of drug-likeness (QED) is 0.0962. The smallest absolute Gasteiger partial charge is 0.410 e. The van der Waals surface area contributed by atoms with Gasteiger partial charge in [-0.15, -0.1) is 11.8 Å². The first-order valence-electron chi connectivity index (χ1n) is 21.2. The highest BCUT2D eigenvalue weighted by atomic mass is 32.2. The van der Waals surface area contributed by atoms with E-state index < -0.39 is 46.4 Å². The molecule has 0 aromatic heterocycles. The number of benzene rings is 4. The Morgan fingerprint density at radius 1 is 0.803 bits per heavy atom. The number of aliphatic carboxylic acids is 1. The molecule has 2 aliphatic rings. The van der Waals surface area contributed by atoms with E-state index >= 15 is 0 Å². The molecule has 0 bridgehead atoms. The molecule has 1 fully saturated rings. The van der Waals surface area contributed by atoms with Crippen LogP contribution in [0.1, 0.15) is 75.3 Å². The van der Waals surface area contributed by atoms with Crippen molar-refractivity contribution in [2.75, 3.05) is 25.1 Å². The highest BCUT2D eigenvalue weighted by Gasteiger charge is 2.46. The first kappa shape index (κ1) is 45.7. The maximum Gasteiger partial charge on any atom is 0.410 e. The maximum atomic E-state index is 14.8. The monoisotopic (exact) mass is 864 g/mol. The zero-order valence-corrected chi connectivity index (χ0v) is 37.7. The Bertz CT molecular complexity index is 2000. The largest absolute Gasteiger partial charge is 0.480 e. The molecule has 10 nitrogen and oxygen atoms in total. The van der Waals surface area contributed by atoms with E-state index in [1.165, 1.54) is 11.8 Å². The van der Waals surface area contributed by atoms with Gasteiger partial charge < -0.3 is 30.3 Å². The van der Waals surface area contributed by atoms with Gasteiger partial charge in [0.2, 0.25) is 11.8 Å². The summed E-state index contributed by atoms with van der Waals surface area (Å²) in [7, 11) is 0. The fraction of sp³-hybridized carbons (Fsp3) is 0.429. The predicted molar refractivity (Wildman–Crippen MR) is 246 cm³/mol. The number of likely N-dealkylation sites (tertiary alicyclic amines) is 1. The molecule has 5 atom stereocenters. The average molecular weight is 865 g/mol. The summed E-state index contributed by atoms with van der Waals surface area (Å²) in [5.41, 5.74) is 4.59. The number of fused-ring (bicyclic) bond motifs is 1. The first-order valence-corrected chi connectivity index (χ1v) is 23.5. The molecule has 0 radical (unpaired) electrons. The third-order valence-electron chi connectivity index (χ3n) is 11.5. The lowest BCUT2D eigenvalue weighted by Gasteiger charge is -2.39. The molecule has 0 aliphatic carbocycles. The Labute approximate surface area is 369 Å². The molecule has 61 heavy (non-hydrogen) atoms. The summed E-state index contributed by atoms with van der Waals surface area (Å²) in [5.74, 6) is -1.44. The fourth-order valence-electron chi connectivity index (χ4n) is 8.47. The van der Waals surface area contributed by atoms with E-state index in [2.05, 4.69) is 83.4 Å². The van der Waals surface area contributed by atoms with Gasteiger partial charge in [-0.25, -0.2) is 9.59 Å². The number of hydrogen-bond donors (Lipinski definition) is 3. The molecule has 3 amide bonds. The number of carbonyl (C=O) groups excluding carboxylic acids is 3. The predicted octanol–water partition coefficient (Wildman–Crippen LogP) is 7.98. The van der Waals surface area contributed by atoms with Gasteiger partial charge in [-0.05, 0) is 79.4 Å². The van der Waals surface area contributed by atoms with Crippen molar-refractivity contribution >= 4 is 47.4 Å². The van der Waals surface area contributed by atoms with Crippen molar-refractivity contribution in [1.29, 1.82) is 0 Å². The van der Waals surface area contributed by atoms with Crippen molar-refractivity contribution in [2.24, 2.45) is 5.92 Å². The second-order valence-corrected chi connectivity index (χ2v) is 19.8. The number of carbonyl (C=O) groups is 4. The van der Waals surface area contributed by atoms with Crippen LogP contribution >= 0.6 is 23.5 Å². The Hall–Kier alpha value is -4.78. The van der Waals surface area contributed by atoms with Gasteiger partial charge in [-0.3, -0.25) is 9.59 Å². The number of thioether (sulfide) groups is 2. The van der Waals surface area contributed by atoms with Crippen LogP contribution in [0.15, 0.2) is 115 Å². The summed E-state index contributed by atoms with van der Waals surface area (Å²) >= 11 is 3.35. The normalized spacial score (nSPS) is 18.9. The van der Waals surface area contributed by atoms with Crippen LogP contribution in [0.5, 0.6) is 0 Å². The number of hydrogen-bond acceptors (Lipinski definition) is 8. The summed E-state index contributed by atoms with van der Waals surface area (Å²) in [5, 5.41) is 16.2. The number of carboxylic acid groups (broad SMARTS) is 1. The van der Waals surface area contributed by atoms with E-state index in [4.69, 9.17) is 4.74 Å². The summed E-state index contributed by atoms with van der Waals surface area (Å²) < 4.78 is 5.42. The molecule has 12 heteroatoms. The number of amides is 3. The number of ether oxygens (including phenoxy) is 1. The molecule has 1 saturated heterocycles. The van der Waals surface area contributed by atoms with Crippen LogP contribution in [0.25, 0.3) is 0 Å². The first-order chi connectivity index (χ1) is 29.2. The molecule has 324 valence electrons. The van der Waals surface area contributed by atoms with Crippen LogP contribution in [0, 0.1) is 5.92 Å². The Morgan fingerprint density at radius 2 is 1.34 bits per heavy atom. The van der Waals surface area contributed by atoms with Crippen LogP contribution in [0.4, 0.5) is 4.79 Å². The van der Waals surface area contributed by atoms with Crippen molar-refractivity contribution in [1.82, 2.24) is 20.4 Å². The molecule has 4 aromatic carbocycles. The lowest BCUT2D eigenvalue weighted by atomic mass is 9.84. The zero-order valence-electron chi connectivity index (χ0n) is 36.1. The molecular formula is C49H60N4O6S2.